The molecule has 0 spiro atoms. The van der Waals surface area contributed by atoms with Gasteiger partial charge in [0, 0.05) is 6.20 Å². The normalized spacial score (nSPS) is 10.2. The first kappa shape index (κ1) is 8.98. The van der Waals surface area contributed by atoms with Crippen molar-refractivity contribution < 1.29 is 0 Å². The van der Waals surface area contributed by atoms with Crippen LogP contribution in [0, 0.1) is 5.92 Å². The van der Waals surface area contributed by atoms with Gasteiger partial charge < -0.3 is 0 Å². The van der Waals surface area contributed by atoms with Crippen LogP contribution in [0.25, 0.3) is 6.08 Å². The van der Waals surface area contributed by atoms with E-state index in [1.54, 1.807) is 6.08 Å². The van der Waals surface area contributed by atoms with E-state index in [0.717, 1.165) is 12.1 Å². The number of rotatable bonds is 3. The van der Waals surface area contributed by atoms with Gasteiger partial charge in [0.15, 0.2) is 0 Å². The van der Waals surface area contributed by atoms with Gasteiger partial charge in [0.25, 0.3) is 0 Å². The Morgan fingerprint density at radius 1 is 1.50 bits per heavy atom. The molecule has 0 saturated heterocycles. The summed E-state index contributed by atoms with van der Waals surface area (Å²) in [6.45, 7) is 8.08. The molecule has 0 fully saturated rings. The Hall–Kier alpha value is -1.11. The van der Waals surface area contributed by atoms with Crippen LogP contribution in [0.15, 0.2) is 24.9 Å². The third-order valence-electron chi connectivity index (χ3n) is 1.70. The first-order chi connectivity index (χ1) is 5.72. The van der Waals surface area contributed by atoms with Gasteiger partial charge in [-0.15, -0.1) is 0 Å². The fraction of sp³-hybridized carbons (Fsp3) is 0.364. The van der Waals surface area contributed by atoms with Crippen molar-refractivity contribution in [2.75, 3.05) is 0 Å². The van der Waals surface area contributed by atoms with Crippen LogP contribution in [0.4, 0.5) is 0 Å². The van der Waals surface area contributed by atoms with Gasteiger partial charge in [-0.1, -0.05) is 26.5 Å². The second-order valence-electron chi connectivity index (χ2n) is 3.39. The lowest BCUT2D eigenvalue weighted by molar-refractivity contribution is 0.645. The van der Waals surface area contributed by atoms with Gasteiger partial charge in [0.1, 0.15) is 0 Å². The molecule has 0 radical (unpaired) electrons. The molecule has 0 N–H and O–H groups in total. The van der Waals surface area contributed by atoms with E-state index in [-0.39, 0.29) is 0 Å². The molecule has 0 aromatic carbocycles. The van der Waals surface area contributed by atoms with E-state index in [1.807, 2.05) is 12.3 Å². The molecule has 0 unspecified atom stereocenters. The van der Waals surface area contributed by atoms with Crippen LogP contribution in [0.3, 0.4) is 0 Å². The third kappa shape index (κ3) is 2.50. The summed E-state index contributed by atoms with van der Waals surface area (Å²) in [5, 5.41) is 0. The molecule has 0 bridgehead atoms. The van der Waals surface area contributed by atoms with E-state index in [0.29, 0.717) is 5.92 Å². The maximum absolute atomic E-state index is 4.23. The summed E-state index contributed by atoms with van der Waals surface area (Å²) in [5.41, 5.74) is 2.25. The highest BCUT2D eigenvalue weighted by molar-refractivity contribution is 5.41. The summed E-state index contributed by atoms with van der Waals surface area (Å²) in [6.07, 6.45) is 4.79. The second kappa shape index (κ2) is 4.05. The summed E-state index contributed by atoms with van der Waals surface area (Å²) >= 11 is 0. The molecule has 0 aliphatic heterocycles. The fourth-order valence-electron chi connectivity index (χ4n) is 1.15. The number of aromatic nitrogens is 1. The SMILES string of the molecule is C=Cc1ccc(CC(C)C)cn1. The van der Waals surface area contributed by atoms with Crippen molar-refractivity contribution in [3.05, 3.63) is 36.2 Å². The smallest absolute Gasteiger partial charge is 0.0623 e. The molecule has 1 aromatic rings. The van der Waals surface area contributed by atoms with Crippen LogP contribution >= 0.6 is 0 Å². The average Bonchev–Trinajstić information content (AvgIpc) is 2.05. The highest BCUT2D eigenvalue weighted by Gasteiger charge is 1.96. The Kier molecular flexibility index (Phi) is 3.03. The molecule has 64 valence electrons. The molecule has 12 heavy (non-hydrogen) atoms. The Labute approximate surface area is 74.2 Å². The predicted octanol–water partition coefficient (Wildman–Crippen LogP) is 2.92. The molecule has 1 aromatic heterocycles. The maximum Gasteiger partial charge on any atom is 0.0623 e. The van der Waals surface area contributed by atoms with Crippen LogP contribution in [0.1, 0.15) is 25.1 Å². The summed E-state index contributed by atoms with van der Waals surface area (Å²) in [5.74, 6) is 0.696. The van der Waals surface area contributed by atoms with E-state index in [2.05, 4.69) is 31.5 Å². The van der Waals surface area contributed by atoms with E-state index in [4.69, 9.17) is 0 Å². The van der Waals surface area contributed by atoms with E-state index >= 15 is 0 Å². The molecule has 0 amide bonds. The van der Waals surface area contributed by atoms with Gasteiger partial charge in [-0.3, -0.25) is 4.98 Å². The Morgan fingerprint density at radius 2 is 2.25 bits per heavy atom. The first-order valence-corrected chi connectivity index (χ1v) is 4.29. The molecule has 0 saturated carbocycles. The number of pyridine rings is 1. The highest BCUT2D eigenvalue weighted by atomic mass is 14.7. The van der Waals surface area contributed by atoms with E-state index in [9.17, 15) is 0 Å². The average molecular weight is 161 g/mol. The monoisotopic (exact) mass is 161 g/mol. The molecule has 0 aliphatic carbocycles. The minimum absolute atomic E-state index is 0.696. The first-order valence-electron chi connectivity index (χ1n) is 4.29. The number of hydrogen-bond acceptors (Lipinski definition) is 1. The van der Waals surface area contributed by atoms with Crippen molar-refractivity contribution in [3.63, 3.8) is 0 Å². The lowest BCUT2D eigenvalue weighted by Crippen LogP contribution is -1.94. The maximum atomic E-state index is 4.23. The van der Waals surface area contributed by atoms with Crippen molar-refractivity contribution in [2.24, 2.45) is 5.92 Å². The van der Waals surface area contributed by atoms with Gasteiger partial charge in [-0.05, 0) is 30.0 Å². The molecule has 1 rings (SSSR count). The minimum atomic E-state index is 0.696. The summed E-state index contributed by atoms with van der Waals surface area (Å²) in [6, 6.07) is 4.12. The van der Waals surface area contributed by atoms with E-state index in [1.165, 1.54) is 5.56 Å². The van der Waals surface area contributed by atoms with Crippen molar-refractivity contribution >= 4 is 6.08 Å². The zero-order valence-corrected chi connectivity index (χ0v) is 7.75. The van der Waals surface area contributed by atoms with Gasteiger partial charge >= 0.3 is 0 Å². The molecular formula is C11H15N. The van der Waals surface area contributed by atoms with Crippen LogP contribution in [-0.2, 0) is 6.42 Å². The van der Waals surface area contributed by atoms with Crippen LogP contribution in [0.2, 0.25) is 0 Å². The van der Waals surface area contributed by atoms with Gasteiger partial charge in [0.2, 0.25) is 0 Å². The van der Waals surface area contributed by atoms with Crippen LogP contribution in [-0.4, -0.2) is 4.98 Å². The van der Waals surface area contributed by atoms with Crippen LogP contribution in [0.5, 0.6) is 0 Å². The Morgan fingerprint density at radius 3 is 2.67 bits per heavy atom. The van der Waals surface area contributed by atoms with E-state index < -0.39 is 0 Å². The van der Waals surface area contributed by atoms with Crippen LogP contribution < -0.4 is 0 Å². The van der Waals surface area contributed by atoms with Gasteiger partial charge in [-0.2, -0.15) is 0 Å². The number of nitrogens with zero attached hydrogens (tertiary/aromatic N) is 1. The molecule has 1 heterocycles. The summed E-state index contributed by atoms with van der Waals surface area (Å²) in [4.78, 5) is 4.23. The van der Waals surface area contributed by atoms with Gasteiger partial charge in [-0.25, -0.2) is 0 Å². The molecular weight excluding hydrogens is 146 g/mol. The van der Waals surface area contributed by atoms with Crippen molar-refractivity contribution in [1.82, 2.24) is 4.98 Å². The largest absolute Gasteiger partial charge is 0.257 e. The quantitative estimate of drug-likeness (QED) is 0.664. The standard InChI is InChI=1S/C11H15N/c1-4-11-6-5-10(8-12-11)7-9(2)3/h4-6,8-9H,1,7H2,2-3H3. The number of hydrogen-bond donors (Lipinski definition) is 0. The molecule has 0 atom stereocenters. The third-order valence-corrected chi connectivity index (χ3v) is 1.70. The van der Waals surface area contributed by atoms with Crippen molar-refractivity contribution in [3.8, 4) is 0 Å². The van der Waals surface area contributed by atoms with Crippen molar-refractivity contribution in [2.45, 2.75) is 20.3 Å². The minimum Gasteiger partial charge on any atom is -0.257 e. The lowest BCUT2D eigenvalue weighted by atomic mass is 10.0. The molecule has 1 nitrogen and oxygen atoms in total. The molecule has 0 aliphatic rings. The van der Waals surface area contributed by atoms with Gasteiger partial charge in [0.05, 0.1) is 5.69 Å². The predicted molar refractivity (Wildman–Crippen MR) is 52.9 cm³/mol. The zero-order chi connectivity index (χ0) is 8.97. The summed E-state index contributed by atoms with van der Waals surface area (Å²) < 4.78 is 0. The second-order valence-corrected chi connectivity index (χ2v) is 3.39. The fourth-order valence-corrected chi connectivity index (χ4v) is 1.15. The zero-order valence-electron chi connectivity index (χ0n) is 7.75. The Bertz CT molecular complexity index is 246. The van der Waals surface area contributed by atoms with Crippen molar-refractivity contribution in [1.29, 1.82) is 0 Å². The molecule has 1 heteroatoms. The summed E-state index contributed by atoms with van der Waals surface area (Å²) in [7, 11) is 0. The topological polar surface area (TPSA) is 12.9 Å². The highest BCUT2D eigenvalue weighted by Crippen LogP contribution is 2.07. The Balaban J connectivity index is 2.71. The lowest BCUT2D eigenvalue weighted by Gasteiger charge is -2.03.